The molecule has 2 heterocycles. The number of rotatable bonds is 8. The van der Waals surface area contributed by atoms with Crippen LogP contribution in [0.25, 0.3) is 21.3 Å². The Morgan fingerprint density at radius 3 is 2.61 bits per heavy atom. The Morgan fingerprint density at radius 2 is 1.92 bits per heavy atom. The van der Waals surface area contributed by atoms with E-state index in [-0.39, 0.29) is 5.25 Å². The molecule has 1 aliphatic carbocycles. The number of pyridine rings is 1. The Kier molecular flexibility index (Phi) is 6.59. The topological polar surface area (TPSA) is 88.5 Å². The monoisotopic (exact) mass is 542 g/mol. The van der Waals surface area contributed by atoms with Crippen molar-refractivity contribution >= 4 is 43.0 Å². The van der Waals surface area contributed by atoms with E-state index < -0.39 is 21.7 Å². The van der Waals surface area contributed by atoms with E-state index in [1.54, 1.807) is 51.4 Å². The molecule has 1 saturated carbocycles. The van der Waals surface area contributed by atoms with Gasteiger partial charge in [-0.3, -0.25) is 4.98 Å². The second kappa shape index (κ2) is 9.43. The molecule has 2 aromatic carbocycles. The van der Waals surface area contributed by atoms with Crippen LogP contribution in [0.4, 0.5) is 0 Å². The summed E-state index contributed by atoms with van der Waals surface area (Å²) in [6.45, 7) is 3.48. The van der Waals surface area contributed by atoms with E-state index in [1.165, 1.54) is 11.3 Å². The first-order valence-corrected chi connectivity index (χ1v) is 14.4. The summed E-state index contributed by atoms with van der Waals surface area (Å²) in [5.74, 6) is 0.517. The number of nitrogens with zero attached hydrogens (tertiary/aromatic N) is 1. The molecule has 1 aliphatic rings. The fraction of sp³-hybridized carbons (Fsp3) is 0.296. The molecule has 0 amide bonds. The lowest BCUT2D eigenvalue weighted by atomic mass is 9.97. The van der Waals surface area contributed by atoms with Gasteiger partial charge in [0.2, 0.25) is 10.0 Å². The maximum atomic E-state index is 13.1. The lowest BCUT2D eigenvalue weighted by molar-refractivity contribution is 0.0785. The Morgan fingerprint density at radius 1 is 1.17 bits per heavy atom. The van der Waals surface area contributed by atoms with Crippen LogP contribution in [-0.4, -0.2) is 30.9 Å². The summed E-state index contributed by atoms with van der Waals surface area (Å²) in [5.41, 5.74) is 1.99. The van der Waals surface area contributed by atoms with Gasteiger partial charge in [-0.2, -0.15) is 0 Å². The number of thiophene rings is 1. The fourth-order valence-electron chi connectivity index (χ4n) is 4.26. The largest absolute Gasteiger partial charge is 0.496 e. The molecule has 5 rings (SSSR count). The summed E-state index contributed by atoms with van der Waals surface area (Å²) >= 11 is 8.11. The van der Waals surface area contributed by atoms with Gasteiger partial charge in [0, 0.05) is 31.9 Å². The number of nitrogens with one attached hydrogen (secondary N) is 1. The van der Waals surface area contributed by atoms with Crippen molar-refractivity contribution in [3.05, 3.63) is 81.8 Å². The number of ether oxygens (including phenoxy) is 1. The van der Waals surface area contributed by atoms with E-state index in [9.17, 15) is 13.5 Å². The van der Waals surface area contributed by atoms with Crippen molar-refractivity contribution < 1.29 is 18.3 Å². The number of aliphatic hydroxyl groups is 1. The molecule has 1 fully saturated rings. The maximum absolute atomic E-state index is 13.1. The number of benzene rings is 2. The van der Waals surface area contributed by atoms with Crippen LogP contribution in [-0.2, 0) is 15.6 Å². The molecule has 2 aromatic heterocycles. The molecule has 0 saturated heterocycles. The quantitative estimate of drug-likeness (QED) is 0.284. The molecule has 2 N–H and O–H groups in total. The minimum absolute atomic E-state index is 0.382. The SMILES string of the molecule is COc1cccc(Cl)c1C(NS(=O)(=O)C1CC1)c1cc2cccc(-c3cc(C(C)(C)O)ccn3)c2s1. The number of sulfonamides is 1. The zero-order chi connectivity index (χ0) is 25.7. The molecule has 1 atom stereocenters. The Labute approximate surface area is 220 Å². The maximum Gasteiger partial charge on any atom is 0.215 e. The molecule has 0 radical (unpaired) electrons. The van der Waals surface area contributed by atoms with Gasteiger partial charge in [0.15, 0.2) is 0 Å². The van der Waals surface area contributed by atoms with Crippen molar-refractivity contribution in [2.24, 2.45) is 0 Å². The predicted octanol–water partition coefficient (Wildman–Crippen LogP) is 6.02. The molecule has 6 nitrogen and oxygen atoms in total. The van der Waals surface area contributed by atoms with Crippen LogP contribution in [0.2, 0.25) is 5.02 Å². The van der Waals surface area contributed by atoms with Crippen LogP contribution in [0.15, 0.2) is 60.8 Å². The molecule has 188 valence electrons. The number of hydrogen-bond acceptors (Lipinski definition) is 6. The summed E-state index contributed by atoms with van der Waals surface area (Å²) < 4.78 is 35.6. The van der Waals surface area contributed by atoms with Crippen molar-refractivity contribution in [2.45, 2.75) is 43.6 Å². The minimum Gasteiger partial charge on any atom is -0.496 e. The number of halogens is 1. The van der Waals surface area contributed by atoms with Crippen LogP contribution < -0.4 is 9.46 Å². The third-order valence-electron chi connectivity index (χ3n) is 6.36. The second-order valence-corrected chi connectivity index (χ2v) is 13.0. The Balaban J connectivity index is 1.67. The zero-order valence-corrected chi connectivity index (χ0v) is 22.5. The van der Waals surface area contributed by atoms with Crippen molar-refractivity contribution in [1.29, 1.82) is 0 Å². The Hall–Kier alpha value is -2.49. The molecule has 9 heteroatoms. The van der Waals surface area contributed by atoms with Crippen LogP contribution in [0.3, 0.4) is 0 Å². The minimum atomic E-state index is -3.54. The van der Waals surface area contributed by atoms with Crippen LogP contribution in [0, 0.1) is 0 Å². The lowest BCUT2D eigenvalue weighted by Gasteiger charge is -2.21. The van der Waals surface area contributed by atoms with Gasteiger partial charge in [0.25, 0.3) is 0 Å². The molecule has 0 aliphatic heterocycles. The van der Waals surface area contributed by atoms with Gasteiger partial charge in [-0.05, 0) is 68.0 Å². The van der Waals surface area contributed by atoms with Gasteiger partial charge in [-0.1, -0.05) is 35.9 Å². The van der Waals surface area contributed by atoms with Gasteiger partial charge < -0.3 is 9.84 Å². The predicted molar refractivity (Wildman–Crippen MR) is 145 cm³/mol. The van der Waals surface area contributed by atoms with Crippen molar-refractivity contribution in [2.75, 3.05) is 7.11 Å². The molecule has 4 aromatic rings. The van der Waals surface area contributed by atoms with E-state index in [4.69, 9.17) is 16.3 Å². The lowest BCUT2D eigenvalue weighted by Crippen LogP contribution is -2.32. The number of fused-ring (bicyclic) bond motifs is 1. The van der Waals surface area contributed by atoms with Crippen LogP contribution in [0.1, 0.15) is 48.7 Å². The van der Waals surface area contributed by atoms with Gasteiger partial charge >= 0.3 is 0 Å². The average Bonchev–Trinajstić information content (AvgIpc) is 3.62. The van der Waals surface area contributed by atoms with Crippen molar-refractivity contribution in [1.82, 2.24) is 9.71 Å². The average molecular weight is 543 g/mol. The highest BCUT2D eigenvalue weighted by Gasteiger charge is 2.39. The number of methoxy groups -OCH3 is 1. The second-order valence-electron chi connectivity index (χ2n) is 9.51. The smallest absolute Gasteiger partial charge is 0.215 e. The summed E-state index contributed by atoms with van der Waals surface area (Å²) in [6, 6.07) is 16.2. The third kappa shape index (κ3) is 4.88. The summed E-state index contributed by atoms with van der Waals surface area (Å²) in [7, 11) is -2.00. The standard InChI is InChI=1S/C27H27ClN2O4S2/c1-27(2,31)17-12-13-29-21(15-17)19-7-4-6-16-14-23(35-26(16)19)25(30-36(32,33)18-10-11-18)24-20(28)8-5-9-22(24)34-3/h4-9,12-15,18,25,30-31H,10-11H2,1-3H3. The summed E-state index contributed by atoms with van der Waals surface area (Å²) in [5, 5.41) is 11.5. The third-order valence-corrected chi connectivity index (χ3v) is 9.85. The molecular formula is C27H27ClN2O4S2. The summed E-state index contributed by atoms with van der Waals surface area (Å²) in [4.78, 5) is 5.36. The number of aromatic nitrogens is 1. The van der Waals surface area contributed by atoms with E-state index in [0.717, 1.165) is 31.8 Å². The van der Waals surface area contributed by atoms with Gasteiger partial charge in [0.1, 0.15) is 5.75 Å². The Bertz CT molecular complexity index is 1540. The van der Waals surface area contributed by atoms with Crippen molar-refractivity contribution in [3.63, 3.8) is 0 Å². The van der Waals surface area contributed by atoms with Gasteiger partial charge in [-0.25, -0.2) is 13.1 Å². The fourth-order valence-corrected chi connectivity index (χ4v) is 7.37. The van der Waals surface area contributed by atoms with E-state index in [0.29, 0.717) is 29.2 Å². The van der Waals surface area contributed by atoms with E-state index in [2.05, 4.69) is 9.71 Å². The van der Waals surface area contributed by atoms with Gasteiger partial charge in [0.05, 0.1) is 29.7 Å². The molecule has 0 bridgehead atoms. The summed E-state index contributed by atoms with van der Waals surface area (Å²) in [6.07, 6.45) is 3.00. The highest BCUT2D eigenvalue weighted by atomic mass is 35.5. The normalized spacial score (nSPS) is 15.2. The first-order valence-electron chi connectivity index (χ1n) is 11.6. The van der Waals surface area contributed by atoms with E-state index >= 15 is 0 Å². The van der Waals surface area contributed by atoms with Crippen LogP contribution >= 0.6 is 22.9 Å². The highest BCUT2D eigenvalue weighted by Crippen LogP contribution is 2.43. The van der Waals surface area contributed by atoms with Crippen LogP contribution in [0.5, 0.6) is 5.75 Å². The first kappa shape index (κ1) is 25.2. The molecule has 36 heavy (non-hydrogen) atoms. The molecule has 1 unspecified atom stereocenters. The highest BCUT2D eigenvalue weighted by molar-refractivity contribution is 7.90. The van der Waals surface area contributed by atoms with Crippen molar-refractivity contribution in [3.8, 4) is 17.0 Å². The van der Waals surface area contributed by atoms with Gasteiger partial charge in [-0.15, -0.1) is 11.3 Å². The molecule has 0 spiro atoms. The number of hydrogen-bond donors (Lipinski definition) is 2. The molecular weight excluding hydrogens is 516 g/mol. The first-order chi connectivity index (χ1) is 17.1. The van der Waals surface area contributed by atoms with E-state index in [1.807, 2.05) is 30.3 Å². The zero-order valence-electron chi connectivity index (χ0n) is 20.2.